The Kier molecular flexibility index (Phi) is 7.44. The Bertz CT molecular complexity index is 1460. The van der Waals surface area contributed by atoms with E-state index in [2.05, 4.69) is 15.5 Å². The van der Waals surface area contributed by atoms with E-state index in [4.69, 9.17) is 4.74 Å². The molecular weight excluding hydrogens is 478 g/mol. The van der Waals surface area contributed by atoms with Crippen molar-refractivity contribution in [2.45, 2.75) is 32.9 Å². The maximum Gasteiger partial charge on any atom is 0.267 e. The Morgan fingerprint density at radius 2 is 1.69 bits per heavy atom. The number of thiophene rings is 1. The van der Waals surface area contributed by atoms with Crippen LogP contribution >= 0.6 is 11.3 Å². The highest BCUT2D eigenvalue weighted by molar-refractivity contribution is 7.13. The van der Waals surface area contributed by atoms with Gasteiger partial charge in [0.15, 0.2) is 0 Å². The van der Waals surface area contributed by atoms with Gasteiger partial charge in [-0.1, -0.05) is 6.07 Å². The predicted octanol–water partition coefficient (Wildman–Crippen LogP) is 3.15. The van der Waals surface area contributed by atoms with Gasteiger partial charge in [0, 0.05) is 24.2 Å². The number of rotatable bonds is 9. The lowest BCUT2D eigenvalue weighted by Crippen LogP contribution is -2.50. The highest BCUT2D eigenvalue weighted by atomic mass is 32.1. The van der Waals surface area contributed by atoms with Crippen LogP contribution in [0.1, 0.15) is 20.8 Å². The second-order valence-corrected chi connectivity index (χ2v) is 9.45. The first-order chi connectivity index (χ1) is 17.3. The van der Waals surface area contributed by atoms with E-state index < -0.39 is 11.4 Å². The van der Waals surface area contributed by atoms with Crippen LogP contribution in [0, 0.1) is 0 Å². The van der Waals surface area contributed by atoms with E-state index in [1.54, 1.807) is 26.0 Å². The smallest absolute Gasteiger partial charge is 0.267 e. The summed E-state index contributed by atoms with van der Waals surface area (Å²) >= 11 is 1.50. The van der Waals surface area contributed by atoms with E-state index in [0.29, 0.717) is 18.0 Å². The molecule has 0 saturated heterocycles. The van der Waals surface area contributed by atoms with Crippen LogP contribution in [-0.4, -0.2) is 38.6 Å². The van der Waals surface area contributed by atoms with Gasteiger partial charge in [-0.05, 0) is 68.6 Å². The SMILES string of the molecule is CCOc1ccc(-c2ccc(=O)n(CCNC(=O)C(C)(C)n3nc(-c4cccs4)ccc3=O)n2)cc1. The highest BCUT2D eigenvalue weighted by Gasteiger charge is 2.32. The monoisotopic (exact) mass is 505 g/mol. The minimum absolute atomic E-state index is 0.154. The third-order valence-corrected chi connectivity index (χ3v) is 6.49. The molecule has 0 radical (unpaired) electrons. The van der Waals surface area contributed by atoms with Gasteiger partial charge in [-0.25, -0.2) is 9.36 Å². The van der Waals surface area contributed by atoms with Gasteiger partial charge in [0.1, 0.15) is 17.0 Å². The van der Waals surface area contributed by atoms with Gasteiger partial charge in [0.25, 0.3) is 11.1 Å². The lowest BCUT2D eigenvalue weighted by atomic mass is 10.0. The van der Waals surface area contributed by atoms with Gasteiger partial charge in [-0.3, -0.25) is 14.4 Å². The molecule has 0 bridgehead atoms. The van der Waals surface area contributed by atoms with Crippen LogP contribution in [0.15, 0.2) is 75.6 Å². The van der Waals surface area contributed by atoms with E-state index in [9.17, 15) is 14.4 Å². The number of carbonyl (C=O) groups excluding carboxylic acids is 1. The van der Waals surface area contributed by atoms with Crippen LogP contribution in [0.25, 0.3) is 21.8 Å². The van der Waals surface area contributed by atoms with Crippen molar-refractivity contribution in [2.75, 3.05) is 13.2 Å². The van der Waals surface area contributed by atoms with Crippen molar-refractivity contribution in [3.05, 3.63) is 86.8 Å². The lowest BCUT2D eigenvalue weighted by molar-refractivity contribution is -0.129. The predicted molar refractivity (Wildman–Crippen MR) is 139 cm³/mol. The molecule has 0 atom stereocenters. The van der Waals surface area contributed by atoms with Gasteiger partial charge in [0.2, 0.25) is 5.91 Å². The maximum absolute atomic E-state index is 13.0. The average Bonchev–Trinajstić information content (AvgIpc) is 3.41. The summed E-state index contributed by atoms with van der Waals surface area (Å²) in [7, 11) is 0. The molecule has 0 fully saturated rings. The van der Waals surface area contributed by atoms with E-state index in [1.165, 1.54) is 32.8 Å². The molecule has 3 aromatic heterocycles. The van der Waals surface area contributed by atoms with Crippen molar-refractivity contribution in [1.82, 2.24) is 24.9 Å². The number of nitrogens with one attached hydrogen (secondary N) is 1. The second-order valence-electron chi connectivity index (χ2n) is 8.50. The number of nitrogens with zero attached hydrogens (tertiary/aromatic N) is 4. The standard InChI is InChI=1S/C26H27N5O4S/c1-4-35-19-9-7-18(8-10-19)20-11-13-23(32)30(28-20)16-15-27-25(34)26(2,3)31-24(33)14-12-21(29-31)22-6-5-17-36-22/h5-14,17H,4,15-16H2,1-3H3,(H,27,34). The number of benzene rings is 1. The van der Waals surface area contributed by atoms with Crippen LogP contribution in [0.2, 0.25) is 0 Å². The fraction of sp³-hybridized carbons (Fsp3) is 0.269. The molecule has 0 spiro atoms. The van der Waals surface area contributed by atoms with E-state index in [1.807, 2.05) is 48.7 Å². The van der Waals surface area contributed by atoms with Crippen LogP contribution in [0.3, 0.4) is 0 Å². The Morgan fingerprint density at radius 1 is 0.972 bits per heavy atom. The van der Waals surface area contributed by atoms with E-state index in [-0.39, 0.29) is 24.2 Å². The van der Waals surface area contributed by atoms with E-state index >= 15 is 0 Å². The van der Waals surface area contributed by atoms with Crippen LogP contribution in [-0.2, 0) is 16.9 Å². The molecule has 10 heteroatoms. The van der Waals surface area contributed by atoms with Crippen molar-refractivity contribution < 1.29 is 9.53 Å². The summed E-state index contributed by atoms with van der Waals surface area (Å²) in [5.41, 5.74) is 0.190. The van der Waals surface area contributed by atoms with Gasteiger partial charge < -0.3 is 10.1 Å². The first-order valence-electron chi connectivity index (χ1n) is 11.5. The lowest BCUT2D eigenvalue weighted by Gasteiger charge is -2.25. The second kappa shape index (κ2) is 10.7. The van der Waals surface area contributed by atoms with E-state index in [0.717, 1.165) is 16.2 Å². The summed E-state index contributed by atoms with van der Waals surface area (Å²) in [6.45, 7) is 6.08. The minimum Gasteiger partial charge on any atom is -0.494 e. The normalized spacial score (nSPS) is 11.3. The summed E-state index contributed by atoms with van der Waals surface area (Å²) in [6.07, 6.45) is 0. The topological polar surface area (TPSA) is 108 Å². The van der Waals surface area contributed by atoms with Crippen LogP contribution in [0.5, 0.6) is 5.75 Å². The Hall–Kier alpha value is -4.05. The number of hydrogen-bond donors (Lipinski definition) is 1. The van der Waals surface area contributed by atoms with Gasteiger partial charge in [-0.2, -0.15) is 10.2 Å². The highest BCUT2D eigenvalue weighted by Crippen LogP contribution is 2.23. The molecule has 9 nitrogen and oxygen atoms in total. The van der Waals surface area contributed by atoms with Crippen molar-refractivity contribution >= 4 is 17.2 Å². The van der Waals surface area contributed by atoms with Gasteiger partial charge in [-0.15, -0.1) is 11.3 Å². The Labute approximate surface area is 212 Å². The number of ether oxygens (including phenoxy) is 1. The van der Waals surface area contributed by atoms with Gasteiger partial charge in [0.05, 0.1) is 23.7 Å². The first-order valence-corrected chi connectivity index (χ1v) is 12.4. The fourth-order valence-corrected chi connectivity index (χ4v) is 4.30. The van der Waals surface area contributed by atoms with Gasteiger partial charge >= 0.3 is 0 Å². The van der Waals surface area contributed by atoms with Crippen molar-refractivity contribution in [3.63, 3.8) is 0 Å². The third-order valence-electron chi connectivity index (χ3n) is 5.60. The zero-order chi connectivity index (χ0) is 25.7. The maximum atomic E-state index is 13.0. The molecule has 0 aliphatic heterocycles. The molecule has 1 N–H and O–H groups in total. The molecule has 36 heavy (non-hydrogen) atoms. The van der Waals surface area contributed by atoms with Crippen molar-refractivity contribution in [2.24, 2.45) is 0 Å². The molecule has 4 rings (SSSR count). The third kappa shape index (κ3) is 5.44. The minimum atomic E-state index is -1.24. The number of amides is 1. The quantitative estimate of drug-likeness (QED) is 0.374. The molecule has 4 aromatic rings. The summed E-state index contributed by atoms with van der Waals surface area (Å²) in [6, 6.07) is 17.4. The number of carbonyl (C=O) groups is 1. The average molecular weight is 506 g/mol. The molecule has 1 aromatic carbocycles. The number of aromatic nitrogens is 4. The summed E-state index contributed by atoms with van der Waals surface area (Å²) < 4.78 is 7.96. The Balaban J connectivity index is 1.45. The molecule has 3 heterocycles. The summed E-state index contributed by atoms with van der Waals surface area (Å²) in [4.78, 5) is 38.8. The molecule has 0 aliphatic rings. The Morgan fingerprint density at radius 3 is 2.39 bits per heavy atom. The zero-order valence-corrected chi connectivity index (χ0v) is 21.1. The van der Waals surface area contributed by atoms with Crippen molar-refractivity contribution in [3.8, 4) is 27.6 Å². The zero-order valence-electron chi connectivity index (χ0n) is 20.3. The largest absolute Gasteiger partial charge is 0.494 e. The fourth-order valence-electron chi connectivity index (χ4n) is 3.61. The molecule has 1 amide bonds. The molecule has 0 saturated carbocycles. The first kappa shape index (κ1) is 25.1. The molecular formula is C26H27N5O4S. The summed E-state index contributed by atoms with van der Waals surface area (Å²) in [5.74, 6) is 0.366. The van der Waals surface area contributed by atoms with Crippen LogP contribution < -0.4 is 21.2 Å². The summed E-state index contributed by atoms with van der Waals surface area (Å²) in [5, 5.41) is 13.6. The molecule has 186 valence electrons. The molecule has 0 unspecified atom stereocenters. The van der Waals surface area contributed by atoms with Crippen LogP contribution in [0.4, 0.5) is 0 Å². The number of hydrogen-bond acceptors (Lipinski definition) is 7. The van der Waals surface area contributed by atoms with Crippen molar-refractivity contribution in [1.29, 1.82) is 0 Å². The molecule has 0 aliphatic carbocycles.